The van der Waals surface area contributed by atoms with Gasteiger partial charge in [-0.15, -0.1) is 0 Å². The average molecular weight is 506 g/mol. The van der Waals surface area contributed by atoms with Crippen LogP contribution in [0.25, 0.3) is 0 Å². The van der Waals surface area contributed by atoms with Crippen molar-refractivity contribution in [2.24, 2.45) is 23.8 Å². The monoisotopic (exact) mass is 505 g/mol. The van der Waals surface area contributed by atoms with Crippen molar-refractivity contribution >= 4 is 6.03 Å². The third-order valence-electron chi connectivity index (χ3n) is 9.14. The number of nitrogens with zero attached hydrogens (tertiary/aromatic N) is 7. The Morgan fingerprint density at radius 2 is 1.67 bits per heavy atom. The molecule has 1 N–H and O–H groups in total. The molecule has 2 amide bonds. The van der Waals surface area contributed by atoms with Crippen LogP contribution in [0.5, 0.6) is 0 Å². The molecule has 36 heavy (non-hydrogen) atoms. The molecule has 2 saturated heterocycles. The van der Waals surface area contributed by atoms with E-state index in [4.69, 9.17) is 0 Å². The lowest BCUT2D eigenvalue weighted by molar-refractivity contribution is -0.138. The van der Waals surface area contributed by atoms with Crippen LogP contribution in [0.1, 0.15) is 61.6 Å². The zero-order valence-electron chi connectivity index (χ0n) is 20.2. The van der Waals surface area contributed by atoms with Crippen molar-refractivity contribution in [3.05, 3.63) is 29.6 Å². The maximum absolute atomic E-state index is 13.2. The van der Waals surface area contributed by atoms with Crippen LogP contribution in [0.2, 0.25) is 0 Å². The standard InChI is InChI=1S/C24H30F3N7O2/c1-31-9-17(24(25,26)27)18(29-31)4-15-5-21(6-15)10-32(11-21)20(35)33-12-22(13-33)7-16(8-22)34-14-28-19(30-34)23(36)2-3-23/h9,14-16,36H,2-8,10-13H2,1H3. The molecule has 3 aliphatic carbocycles. The van der Waals surface area contributed by atoms with Gasteiger partial charge in [0.2, 0.25) is 0 Å². The molecule has 2 aromatic rings. The van der Waals surface area contributed by atoms with E-state index in [9.17, 15) is 23.1 Å². The molecule has 5 fully saturated rings. The maximum atomic E-state index is 13.2. The van der Waals surface area contributed by atoms with E-state index in [1.165, 1.54) is 11.7 Å². The highest BCUT2D eigenvalue weighted by atomic mass is 19.4. The van der Waals surface area contributed by atoms with Crippen LogP contribution in [-0.2, 0) is 25.2 Å². The Bertz CT molecular complexity index is 1200. The quantitative estimate of drug-likeness (QED) is 0.690. The lowest BCUT2D eigenvalue weighted by Gasteiger charge is -2.63. The van der Waals surface area contributed by atoms with Crippen LogP contribution in [0.15, 0.2) is 12.5 Å². The van der Waals surface area contributed by atoms with E-state index in [-0.39, 0.29) is 34.5 Å². The minimum atomic E-state index is -4.38. The van der Waals surface area contributed by atoms with Crippen molar-refractivity contribution in [1.29, 1.82) is 0 Å². The van der Waals surface area contributed by atoms with Gasteiger partial charge in [-0.3, -0.25) is 4.68 Å². The Hall–Kier alpha value is -2.63. The maximum Gasteiger partial charge on any atom is 0.419 e. The van der Waals surface area contributed by atoms with Crippen molar-refractivity contribution in [3.63, 3.8) is 0 Å². The Kier molecular flexibility index (Phi) is 4.40. The van der Waals surface area contributed by atoms with Gasteiger partial charge in [-0.25, -0.2) is 14.5 Å². The summed E-state index contributed by atoms with van der Waals surface area (Å²) in [5.74, 6) is 0.718. The Morgan fingerprint density at radius 3 is 2.25 bits per heavy atom. The summed E-state index contributed by atoms with van der Waals surface area (Å²) >= 11 is 0. The summed E-state index contributed by atoms with van der Waals surface area (Å²) in [6.45, 7) is 2.93. The smallest absolute Gasteiger partial charge is 0.382 e. The van der Waals surface area contributed by atoms with Crippen LogP contribution in [-0.4, -0.2) is 71.7 Å². The first-order chi connectivity index (χ1) is 16.9. The van der Waals surface area contributed by atoms with Gasteiger partial charge in [-0.2, -0.15) is 23.4 Å². The largest absolute Gasteiger partial charge is 0.419 e. The summed E-state index contributed by atoms with van der Waals surface area (Å²) in [5, 5.41) is 18.7. The number of carbonyl (C=O) groups excluding carboxylic acids is 1. The summed E-state index contributed by atoms with van der Waals surface area (Å²) in [4.78, 5) is 21.0. The molecule has 4 heterocycles. The fourth-order valence-corrected chi connectivity index (χ4v) is 7.15. The van der Waals surface area contributed by atoms with E-state index in [0.717, 1.165) is 57.8 Å². The second-order valence-electron chi connectivity index (χ2n) is 12.3. The Labute approximate surface area is 206 Å². The minimum Gasteiger partial charge on any atom is -0.382 e. The molecule has 0 radical (unpaired) electrons. The molecule has 0 atom stereocenters. The molecule has 3 saturated carbocycles. The average Bonchev–Trinajstić information content (AvgIpc) is 3.08. The van der Waals surface area contributed by atoms with Gasteiger partial charge in [0.1, 0.15) is 11.9 Å². The lowest BCUT2D eigenvalue weighted by Crippen LogP contribution is -2.71. The predicted molar refractivity (Wildman–Crippen MR) is 119 cm³/mol. The third-order valence-corrected chi connectivity index (χ3v) is 9.14. The van der Waals surface area contributed by atoms with Crippen molar-refractivity contribution in [2.45, 2.75) is 62.8 Å². The van der Waals surface area contributed by atoms with Crippen LogP contribution in [0.3, 0.4) is 0 Å². The first kappa shape index (κ1) is 22.6. The number of amides is 2. The number of hydrogen-bond donors (Lipinski definition) is 1. The topological polar surface area (TPSA) is 92.3 Å². The first-order valence-corrected chi connectivity index (χ1v) is 12.7. The number of hydrogen-bond acceptors (Lipinski definition) is 5. The fourth-order valence-electron chi connectivity index (χ4n) is 7.15. The van der Waals surface area contributed by atoms with Crippen molar-refractivity contribution < 1.29 is 23.1 Å². The Morgan fingerprint density at radius 1 is 1.06 bits per heavy atom. The molecule has 0 unspecified atom stereocenters. The predicted octanol–water partition coefficient (Wildman–Crippen LogP) is 2.72. The number of carbonyl (C=O) groups is 1. The van der Waals surface area contributed by atoms with Crippen LogP contribution < -0.4 is 0 Å². The summed E-state index contributed by atoms with van der Waals surface area (Å²) < 4.78 is 42.8. The van der Waals surface area contributed by atoms with Crippen molar-refractivity contribution in [3.8, 4) is 0 Å². The number of urea groups is 1. The summed E-state index contributed by atoms with van der Waals surface area (Å²) in [5.41, 5.74) is -1.07. The number of halogens is 3. The molecule has 2 aliphatic heterocycles. The van der Waals surface area contributed by atoms with E-state index >= 15 is 0 Å². The SMILES string of the molecule is Cn1cc(C(F)(F)F)c(CC2CC3(C2)CN(C(=O)N2CC4(CC(n5cnc(C6(O)CC6)n5)C4)C2)C3)n1. The van der Waals surface area contributed by atoms with Crippen LogP contribution in [0, 0.1) is 16.7 Å². The molecule has 5 aliphatic rings. The molecule has 2 spiro atoms. The highest BCUT2D eigenvalue weighted by Crippen LogP contribution is 2.56. The number of likely N-dealkylation sites (tertiary alicyclic amines) is 2. The van der Waals surface area contributed by atoms with Gasteiger partial charge >= 0.3 is 12.2 Å². The lowest BCUT2D eigenvalue weighted by atomic mass is 9.56. The number of aliphatic hydroxyl groups is 1. The second-order valence-corrected chi connectivity index (χ2v) is 12.3. The zero-order valence-corrected chi connectivity index (χ0v) is 20.2. The van der Waals surface area contributed by atoms with Crippen LogP contribution >= 0.6 is 0 Å². The number of alkyl halides is 3. The van der Waals surface area contributed by atoms with E-state index in [1.54, 1.807) is 6.33 Å². The number of aromatic nitrogens is 5. The normalized spacial score (nSPS) is 25.9. The van der Waals surface area contributed by atoms with Gasteiger partial charge in [0, 0.05) is 50.3 Å². The highest BCUT2D eigenvalue weighted by Gasteiger charge is 2.59. The van der Waals surface area contributed by atoms with Crippen LogP contribution in [0.4, 0.5) is 18.0 Å². The fraction of sp³-hybridized carbons (Fsp3) is 0.750. The molecular formula is C24H30F3N7O2. The molecule has 12 heteroatoms. The molecule has 0 aromatic carbocycles. The third kappa shape index (κ3) is 3.47. The molecule has 0 bridgehead atoms. The number of rotatable bonds is 4. The molecule has 9 nitrogen and oxygen atoms in total. The summed E-state index contributed by atoms with van der Waals surface area (Å²) in [7, 11) is 1.52. The van der Waals surface area contributed by atoms with Gasteiger partial charge in [-0.05, 0) is 50.9 Å². The summed E-state index contributed by atoms with van der Waals surface area (Å²) in [6, 6.07) is 0.364. The highest BCUT2D eigenvalue weighted by molar-refractivity contribution is 5.77. The summed E-state index contributed by atoms with van der Waals surface area (Å²) in [6.07, 6.45) is 3.83. The van der Waals surface area contributed by atoms with Gasteiger partial charge in [0.05, 0.1) is 17.3 Å². The Balaban J connectivity index is 0.862. The van der Waals surface area contributed by atoms with Gasteiger partial charge < -0.3 is 14.9 Å². The van der Waals surface area contributed by atoms with E-state index in [2.05, 4.69) is 15.2 Å². The number of aryl methyl sites for hydroxylation is 1. The van der Waals surface area contributed by atoms with Gasteiger partial charge in [0.25, 0.3) is 0 Å². The van der Waals surface area contributed by atoms with Crippen molar-refractivity contribution in [2.75, 3.05) is 26.2 Å². The van der Waals surface area contributed by atoms with Gasteiger partial charge in [-0.1, -0.05) is 0 Å². The second kappa shape index (κ2) is 7.02. The molecule has 2 aromatic heterocycles. The van der Waals surface area contributed by atoms with E-state index in [1.807, 2.05) is 14.5 Å². The van der Waals surface area contributed by atoms with Crippen molar-refractivity contribution in [1.82, 2.24) is 34.3 Å². The van der Waals surface area contributed by atoms with E-state index < -0.39 is 17.3 Å². The van der Waals surface area contributed by atoms with E-state index in [0.29, 0.717) is 25.3 Å². The molecule has 7 rings (SSSR count). The minimum absolute atomic E-state index is 0.0774. The van der Waals surface area contributed by atoms with Gasteiger partial charge in [0.15, 0.2) is 5.82 Å². The molecule has 194 valence electrons. The first-order valence-electron chi connectivity index (χ1n) is 12.7. The zero-order chi connectivity index (χ0) is 25.1. The molecular weight excluding hydrogens is 475 g/mol.